The normalized spacial score (nSPS) is 10.1. The van der Waals surface area contributed by atoms with Gasteiger partial charge in [0.2, 0.25) is 0 Å². The summed E-state index contributed by atoms with van der Waals surface area (Å²) in [5.41, 5.74) is 0.490. The highest BCUT2D eigenvalue weighted by Gasteiger charge is 2.09. The van der Waals surface area contributed by atoms with Crippen LogP contribution in [0, 0.1) is 0 Å². The predicted molar refractivity (Wildman–Crippen MR) is 84.3 cm³/mol. The van der Waals surface area contributed by atoms with Crippen molar-refractivity contribution in [3.63, 3.8) is 0 Å². The molecule has 0 heterocycles. The van der Waals surface area contributed by atoms with Gasteiger partial charge in [0.05, 0.1) is 18.8 Å². The highest BCUT2D eigenvalue weighted by Crippen LogP contribution is 2.20. The van der Waals surface area contributed by atoms with E-state index >= 15 is 0 Å². The minimum atomic E-state index is -0.591. The fraction of sp³-hybridized carbons (Fsp3) is 0.412. The molecule has 6 heteroatoms. The average molecular weight is 322 g/mol. The summed E-state index contributed by atoms with van der Waals surface area (Å²) in [6.07, 6.45) is 3.12. The van der Waals surface area contributed by atoms with Crippen molar-refractivity contribution in [1.29, 1.82) is 0 Å². The molecular weight excluding hydrogens is 300 g/mol. The van der Waals surface area contributed by atoms with Crippen molar-refractivity contribution in [3.05, 3.63) is 35.9 Å². The molecule has 0 amide bonds. The van der Waals surface area contributed by atoms with Crippen molar-refractivity contribution in [2.45, 2.75) is 32.6 Å². The molecule has 0 radical (unpaired) electrons. The van der Waals surface area contributed by atoms with Gasteiger partial charge in [0, 0.05) is 11.6 Å². The SMILES string of the molecule is C=C(C)C(=O)OCCCCCCOC(=O)c1cc(O)cc(O)c1. The zero-order chi connectivity index (χ0) is 17.2. The summed E-state index contributed by atoms with van der Waals surface area (Å²) in [5, 5.41) is 18.6. The lowest BCUT2D eigenvalue weighted by molar-refractivity contribution is -0.139. The van der Waals surface area contributed by atoms with Crippen molar-refractivity contribution < 1.29 is 29.3 Å². The molecule has 0 aliphatic carbocycles. The average Bonchev–Trinajstić information content (AvgIpc) is 2.48. The van der Waals surface area contributed by atoms with Crippen LogP contribution in [0.15, 0.2) is 30.4 Å². The number of rotatable bonds is 9. The van der Waals surface area contributed by atoms with Gasteiger partial charge in [-0.25, -0.2) is 9.59 Å². The summed E-state index contributed by atoms with van der Waals surface area (Å²) in [4.78, 5) is 22.8. The van der Waals surface area contributed by atoms with Gasteiger partial charge in [0.15, 0.2) is 0 Å². The minimum Gasteiger partial charge on any atom is -0.508 e. The number of carbonyl (C=O) groups excluding carboxylic acids is 2. The Hall–Kier alpha value is -2.50. The van der Waals surface area contributed by atoms with Gasteiger partial charge in [-0.2, -0.15) is 0 Å². The minimum absolute atomic E-state index is 0.106. The van der Waals surface area contributed by atoms with E-state index in [0.717, 1.165) is 25.3 Å². The van der Waals surface area contributed by atoms with Gasteiger partial charge in [-0.05, 0) is 44.7 Å². The standard InChI is InChI=1S/C17H22O6/c1-12(2)16(20)22-7-5-3-4-6-8-23-17(21)13-9-14(18)11-15(19)10-13/h9-11,18-19H,1,3-8H2,2H3. The van der Waals surface area contributed by atoms with E-state index < -0.39 is 5.97 Å². The molecule has 1 rings (SSSR count). The van der Waals surface area contributed by atoms with Crippen LogP contribution in [0.3, 0.4) is 0 Å². The zero-order valence-corrected chi connectivity index (χ0v) is 13.2. The molecule has 0 unspecified atom stereocenters. The van der Waals surface area contributed by atoms with E-state index in [1.54, 1.807) is 6.92 Å². The second kappa shape index (κ2) is 9.50. The summed E-state index contributed by atoms with van der Waals surface area (Å²) < 4.78 is 10.0. The molecule has 0 atom stereocenters. The van der Waals surface area contributed by atoms with E-state index in [2.05, 4.69) is 6.58 Å². The van der Waals surface area contributed by atoms with Crippen LogP contribution in [-0.2, 0) is 14.3 Å². The third-order valence-electron chi connectivity index (χ3n) is 2.99. The number of hydrogen-bond donors (Lipinski definition) is 2. The molecule has 1 aromatic carbocycles. The van der Waals surface area contributed by atoms with Gasteiger partial charge in [0.25, 0.3) is 0 Å². The lowest BCUT2D eigenvalue weighted by Gasteiger charge is -2.06. The first-order valence-electron chi connectivity index (χ1n) is 7.43. The number of benzene rings is 1. The van der Waals surface area contributed by atoms with Crippen LogP contribution in [0.2, 0.25) is 0 Å². The van der Waals surface area contributed by atoms with E-state index in [0.29, 0.717) is 18.6 Å². The molecule has 2 N–H and O–H groups in total. The quantitative estimate of drug-likeness (QED) is 0.412. The van der Waals surface area contributed by atoms with Crippen LogP contribution in [0.5, 0.6) is 11.5 Å². The maximum atomic E-state index is 11.7. The summed E-state index contributed by atoms with van der Waals surface area (Å²) in [6, 6.07) is 3.60. The Balaban J connectivity index is 2.12. The predicted octanol–water partition coefficient (Wildman–Crippen LogP) is 2.93. The highest BCUT2D eigenvalue weighted by molar-refractivity contribution is 5.90. The third kappa shape index (κ3) is 7.35. The Kier molecular flexibility index (Phi) is 7.66. The summed E-state index contributed by atoms with van der Waals surface area (Å²) in [6.45, 7) is 5.70. The van der Waals surface area contributed by atoms with Gasteiger partial charge in [-0.3, -0.25) is 0 Å². The number of aromatic hydroxyl groups is 2. The number of esters is 2. The first-order valence-corrected chi connectivity index (χ1v) is 7.43. The monoisotopic (exact) mass is 322 g/mol. The number of phenols is 2. The van der Waals surface area contributed by atoms with Crippen molar-refractivity contribution >= 4 is 11.9 Å². The summed E-state index contributed by atoms with van der Waals surface area (Å²) in [7, 11) is 0. The molecule has 0 aromatic heterocycles. The maximum Gasteiger partial charge on any atom is 0.338 e. The molecule has 0 fully saturated rings. The molecule has 126 valence electrons. The molecule has 6 nitrogen and oxygen atoms in total. The molecule has 23 heavy (non-hydrogen) atoms. The maximum absolute atomic E-state index is 11.7. The Morgan fingerprint density at radius 3 is 2.00 bits per heavy atom. The molecule has 0 aliphatic heterocycles. The number of carbonyl (C=O) groups is 2. The van der Waals surface area contributed by atoms with Gasteiger partial charge in [-0.1, -0.05) is 6.58 Å². The van der Waals surface area contributed by atoms with Gasteiger partial charge in [-0.15, -0.1) is 0 Å². The van der Waals surface area contributed by atoms with Crippen molar-refractivity contribution in [2.75, 3.05) is 13.2 Å². The smallest absolute Gasteiger partial charge is 0.338 e. The molecule has 0 saturated carbocycles. The summed E-state index contributed by atoms with van der Waals surface area (Å²) >= 11 is 0. The van der Waals surface area contributed by atoms with Crippen LogP contribution >= 0.6 is 0 Å². The summed E-state index contributed by atoms with van der Waals surface area (Å²) in [5.74, 6) is -1.36. The molecule has 0 spiro atoms. The number of unbranched alkanes of at least 4 members (excludes halogenated alkanes) is 3. The Morgan fingerprint density at radius 2 is 1.48 bits per heavy atom. The van der Waals surface area contributed by atoms with Crippen molar-refractivity contribution in [3.8, 4) is 11.5 Å². The van der Waals surface area contributed by atoms with Crippen LogP contribution in [-0.4, -0.2) is 35.4 Å². The molecular formula is C17H22O6. The topological polar surface area (TPSA) is 93.1 Å². The number of hydrogen-bond acceptors (Lipinski definition) is 6. The second-order valence-electron chi connectivity index (χ2n) is 5.20. The van der Waals surface area contributed by atoms with E-state index in [1.807, 2.05) is 0 Å². The van der Waals surface area contributed by atoms with Gasteiger partial charge >= 0.3 is 11.9 Å². The van der Waals surface area contributed by atoms with E-state index in [9.17, 15) is 19.8 Å². The Labute approximate surface area is 135 Å². The highest BCUT2D eigenvalue weighted by atomic mass is 16.5. The number of ether oxygens (including phenoxy) is 2. The van der Waals surface area contributed by atoms with Crippen LogP contribution in [0.25, 0.3) is 0 Å². The van der Waals surface area contributed by atoms with E-state index in [-0.39, 0.29) is 29.6 Å². The largest absolute Gasteiger partial charge is 0.508 e. The van der Waals surface area contributed by atoms with Crippen LogP contribution in [0.4, 0.5) is 0 Å². The fourth-order valence-corrected chi connectivity index (χ4v) is 1.81. The van der Waals surface area contributed by atoms with Crippen LogP contribution in [0.1, 0.15) is 43.0 Å². The van der Waals surface area contributed by atoms with Crippen LogP contribution < -0.4 is 0 Å². The van der Waals surface area contributed by atoms with Gasteiger partial charge < -0.3 is 19.7 Å². The van der Waals surface area contributed by atoms with Gasteiger partial charge in [0.1, 0.15) is 11.5 Å². The lowest BCUT2D eigenvalue weighted by Crippen LogP contribution is -2.07. The number of phenolic OH excluding ortho intramolecular Hbond substituents is 2. The third-order valence-corrected chi connectivity index (χ3v) is 2.99. The molecule has 1 aromatic rings. The zero-order valence-electron chi connectivity index (χ0n) is 13.2. The lowest BCUT2D eigenvalue weighted by atomic mass is 10.2. The fourth-order valence-electron chi connectivity index (χ4n) is 1.81. The van der Waals surface area contributed by atoms with Crippen molar-refractivity contribution in [1.82, 2.24) is 0 Å². The van der Waals surface area contributed by atoms with E-state index in [4.69, 9.17) is 9.47 Å². The molecule has 0 saturated heterocycles. The second-order valence-corrected chi connectivity index (χ2v) is 5.20. The molecule has 0 bridgehead atoms. The van der Waals surface area contributed by atoms with Crippen molar-refractivity contribution in [2.24, 2.45) is 0 Å². The first-order chi connectivity index (χ1) is 10.9. The van der Waals surface area contributed by atoms with E-state index in [1.165, 1.54) is 12.1 Å². The molecule has 0 aliphatic rings. The first kappa shape index (κ1) is 18.5. The Bertz CT molecular complexity index is 544. The Morgan fingerprint density at radius 1 is 0.957 bits per heavy atom.